The van der Waals surface area contributed by atoms with Crippen LogP contribution in [-0.2, 0) is 4.79 Å². The second kappa shape index (κ2) is 5.98. The summed E-state index contributed by atoms with van der Waals surface area (Å²) in [6.07, 6.45) is 1.76. The molecule has 3 rings (SSSR count). The smallest absolute Gasteiger partial charge is 0.266 e. The van der Waals surface area contributed by atoms with Crippen LogP contribution in [0, 0.1) is 0 Å². The highest BCUT2D eigenvalue weighted by Gasteiger charge is 2.39. The fraction of sp³-hybridized carbons (Fsp3) is 0.222. The summed E-state index contributed by atoms with van der Waals surface area (Å²) in [5, 5.41) is 0. The second-order valence-electron chi connectivity index (χ2n) is 6.26. The number of thiocarbonyl (C=S) groups is 1. The number of nitrogens with zero attached hydrogens (tertiary/aromatic N) is 1. The Morgan fingerprint density at radius 3 is 2.43 bits per heavy atom. The van der Waals surface area contributed by atoms with E-state index in [1.54, 1.807) is 11.0 Å². The van der Waals surface area contributed by atoms with Crippen LogP contribution in [0.2, 0.25) is 0 Å². The largest absolute Gasteiger partial charge is 0.457 e. The Labute approximate surface area is 145 Å². The van der Waals surface area contributed by atoms with Gasteiger partial charge in [0.15, 0.2) is 0 Å². The number of hydrogen-bond acceptors (Lipinski definition) is 4. The molecule has 23 heavy (non-hydrogen) atoms. The molecule has 1 saturated heterocycles. The van der Waals surface area contributed by atoms with E-state index in [0.717, 1.165) is 11.3 Å². The molecule has 3 nitrogen and oxygen atoms in total. The van der Waals surface area contributed by atoms with E-state index >= 15 is 0 Å². The number of hydrogen-bond donors (Lipinski definition) is 0. The zero-order valence-electron chi connectivity index (χ0n) is 13.2. The molecule has 118 valence electrons. The summed E-state index contributed by atoms with van der Waals surface area (Å²) in [5.41, 5.74) is 0.684. The first kappa shape index (κ1) is 16.0. The standard InChI is InChI=1S/C18H17NO2S2/c1-18(2,3)19-16(20)15(23-17(19)22)11-13-9-10-14(21-13)12-7-5-4-6-8-12/h4-11H,1-3H3/b15-11+. The SMILES string of the molecule is CC(C)(C)N1C(=O)/C(=C\c2ccc(-c3ccccc3)o2)SC1=S. The molecule has 1 amide bonds. The first-order valence-electron chi connectivity index (χ1n) is 7.29. The first-order chi connectivity index (χ1) is 10.9. The molecule has 2 heterocycles. The van der Waals surface area contributed by atoms with Crippen molar-refractivity contribution in [1.82, 2.24) is 4.90 Å². The predicted molar refractivity (Wildman–Crippen MR) is 98.9 cm³/mol. The summed E-state index contributed by atoms with van der Waals surface area (Å²) in [6.45, 7) is 5.92. The maximum atomic E-state index is 12.6. The van der Waals surface area contributed by atoms with Gasteiger partial charge in [-0.15, -0.1) is 0 Å². The van der Waals surface area contributed by atoms with Gasteiger partial charge < -0.3 is 4.42 Å². The third-order valence-electron chi connectivity index (χ3n) is 3.42. The monoisotopic (exact) mass is 343 g/mol. The summed E-state index contributed by atoms with van der Waals surface area (Å²) >= 11 is 6.65. The number of carbonyl (C=O) groups is 1. The van der Waals surface area contributed by atoms with Gasteiger partial charge in [-0.25, -0.2) is 0 Å². The van der Waals surface area contributed by atoms with Gasteiger partial charge in [0.1, 0.15) is 15.8 Å². The maximum absolute atomic E-state index is 12.6. The second-order valence-corrected chi connectivity index (χ2v) is 7.93. The number of benzene rings is 1. The molecule has 0 bridgehead atoms. The minimum atomic E-state index is -0.324. The van der Waals surface area contributed by atoms with E-state index in [1.807, 2.05) is 63.2 Å². The molecule has 2 aromatic rings. The molecule has 0 radical (unpaired) electrons. The van der Waals surface area contributed by atoms with Crippen molar-refractivity contribution in [3.05, 3.63) is 53.1 Å². The Morgan fingerprint density at radius 1 is 1.13 bits per heavy atom. The van der Waals surface area contributed by atoms with Crippen LogP contribution in [0.4, 0.5) is 0 Å². The number of thioether (sulfide) groups is 1. The Morgan fingerprint density at radius 2 is 1.83 bits per heavy atom. The molecule has 0 atom stereocenters. The van der Waals surface area contributed by atoms with Crippen molar-refractivity contribution in [3.63, 3.8) is 0 Å². The van der Waals surface area contributed by atoms with E-state index < -0.39 is 0 Å². The van der Waals surface area contributed by atoms with E-state index in [4.69, 9.17) is 16.6 Å². The van der Waals surface area contributed by atoms with Crippen LogP contribution in [-0.4, -0.2) is 20.7 Å². The van der Waals surface area contributed by atoms with Crippen molar-refractivity contribution in [2.24, 2.45) is 0 Å². The fourth-order valence-corrected chi connectivity index (χ4v) is 3.98. The van der Waals surface area contributed by atoms with Gasteiger partial charge in [0, 0.05) is 17.2 Å². The molecule has 1 aliphatic rings. The summed E-state index contributed by atoms with van der Waals surface area (Å²) in [4.78, 5) is 14.8. The van der Waals surface area contributed by atoms with Crippen LogP contribution in [0.15, 0.2) is 51.8 Å². The van der Waals surface area contributed by atoms with Crippen molar-refractivity contribution < 1.29 is 9.21 Å². The summed E-state index contributed by atoms with van der Waals surface area (Å²) in [6, 6.07) is 13.6. The summed E-state index contributed by atoms with van der Waals surface area (Å²) in [5.74, 6) is 1.37. The fourth-order valence-electron chi connectivity index (χ4n) is 2.36. The van der Waals surface area contributed by atoms with Crippen molar-refractivity contribution in [3.8, 4) is 11.3 Å². The number of furan rings is 1. The average molecular weight is 343 g/mol. The molecule has 0 N–H and O–H groups in total. The molecule has 0 aliphatic carbocycles. The lowest BCUT2D eigenvalue weighted by Gasteiger charge is -2.30. The number of carbonyl (C=O) groups excluding carboxylic acids is 1. The van der Waals surface area contributed by atoms with Crippen LogP contribution >= 0.6 is 24.0 Å². The summed E-state index contributed by atoms with van der Waals surface area (Å²) in [7, 11) is 0. The minimum absolute atomic E-state index is 0.0647. The first-order valence-corrected chi connectivity index (χ1v) is 8.52. The molecule has 0 unspecified atom stereocenters. The molecule has 0 saturated carbocycles. The topological polar surface area (TPSA) is 33.5 Å². The lowest BCUT2D eigenvalue weighted by Crippen LogP contribution is -2.44. The van der Waals surface area contributed by atoms with E-state index in [-0.39, 0.29) is 11.4 Å². The van der Waals surface area contributed by atoms with Gasteiger partial charge in [-0.1, -0.05) is 54.3 Å². The van der Waals surface area contributed by atoms with Crippen LogP contribution in [0.1, 0.15) is 26.5 Å². The van der Waals surface area contributed by atoms with Crippen molar-refractivity contribution in [2.45, 2.75) is 26.3 Å². The van der Waals surface area contributed by atoms with Gasteiger partial charge in [0.2, 0.25) is 0 Å². The molecule has 5 heteroatoms. The lowest BCUT2D eigenvalue weighted by molar-refractivity contribution is -0.125. The van der Waals surface area contributed by atoms with Gasteiger partial charge >= 0.3 is 0 Å². The van der Waals surface area contributed by atoms with Crippen LogP contribution in [0.5, 0.6) is 0 Å². The van der Waals surface area contributed by atoms with Crippen LogP contribution < -0.4 is 0 Å². The predicted octanol–water partition coefficient (Wildman–Crippen LogP) is 4.95. The molecule has 1 aromatic carbocycles. The average Bonchev–Trinajstić information content (AvgIpc) is 3.05. The highest BCUT2D eigenvalue weighted by atomic mass is 32.2. The zero-order chi connectivity index (χ0) is 16.6. The van der Waals surface area contributed by atoms with Crippen molar-refractivity contribution in [2.75, 3.05) is 0 Å². The van der Waals surface area contributed by atoms with Crippen LogP contribution in [0.25, 0.3) is 17.4 Å². The van der Waals surface area contributed by atoms with E-state index in [9.17, 15) is 4.79 Å². The van der Waals surface area contributed by atoms with Gasteiger partial charge in [-0.05, 0) is 32.9 Å². The third kappa shape index (κ3) is 3.26. The summed E-state index contributed by atoms with van der Waals surface area (Å²) < 4.78 is 6.42. The van der Waals surface area contributed by atoms with Gasteiger partial charge in [0.25, 0.3) is 5.91 Å². The van der Waals surface area contributed by atoms with E-state index in [2.05, 4.69) is 0 Å². The quantitative estimate of drug-likeness (QED) is 0.571. The molecule has 0 spiro atoms. The van der Waals surface area contributed by atoms with Gasteiger partial charge in [-0.3, -0.25) is 9.69 Å². The van der Waals surface area contributed by atoms with E-state index in [0.29, 0.717) is 15.0 Å². The Bertz CT molecular complexity index is 785. The molecular weight excluding hydrogens is 326 g/mol. The van der Waals surface area contributed by atoms with Crippen molar-refractivity contribution in [1.29, 1.82) is 0 Å². The zero-order valence-corrected chi connectivity index (χ0v) is 14.8. The normalized spacial score (nSPS) is 17.3. The molecule has 1 aromatic heterocycles. The molecule has 1 fully saturated rings. The maximum Gasteiger partial charge on any atom is 0.266 e. The van der Waals surface area contributed by atoms with Gasteiger partial charge in [0.05, 0.1) is 4.91 Å². The van der Waals surface area contributed by atoms with Crippen LogP contribution in [0.3, 0.4) is 0 Å². The Hall–Kier alpha value is -1.85. The number of rotatable bonds is 2. The molecular formula is C18H17NO2S2. The third-order valence-corrected chi connectivity index (χ3v) is 4.73. The van der Waals surface area contributed by atoms with Gasteiger partial charge in [-0.2, -0.15) is 0 Å². The van der Waals surface area contributed by atoms with E-state index in [1.165, 1.54) is 11.8 Å². The van der Waals surface area contributed by atoms with Crippen molar-refractivity contribution >= 4 is 40.3 Å². The molecule has 1 aliphatic heterocycles. The minimum Gasteiger partial charge on any atom is -0.457 e. The lowest BCUT2D eigenvalue weighted by atomic mass is 10.1. The number of amides is 1. The Kier molecular flexibility index (Phi) is 4.17. The Balaban J connectivity index is 1.88. The highest BCUT2D eigenvalue weighted by Crippen LogP contribution is 2.37. The highest BCUT2D eigenvalue weighted by molar-refractivity contribution is 8.26.